The zero-order chi connectivity index (χ0) is 9.97. The van der Waals surface area contributed by atoms with E-state index in [0.29, 0.717) is 0 Å². The number of nitrogens with zero attached hydrogens (tertiary/aromatic N) is 1. The van der Waals surface area contributed by atoms with Crippen molar-refractivity contribution in [2.45, 2.75) is 6.92 Å². The molecule has 0 radical (unpaired) electrons. The molecule has 0 aliphatic rings. The van der Waals surface area contributed by atoms with Gasteiger partial charge in [0, 0.05) is 24.3 Å². The van der Waals surface area contributed by atoms with E-state index in [1.807, 2.05) is 13.0 Å². The summed E-state index contributed by atoms with van der Waals surface area (Å²) >= 11 is 1.57. The molecule has 2 rings (SSSR count). The van der Waals surface area contributed by atoms with Gasteiger partial charge in [0.1, 0.15) is 5.00 Å². The third-order valence-electron chi connectivity index (χ3n) is 1.99. The summed E-state index contributed by atoms with van der Waals surface area (Å²) in [6.45, 7) is 2.83. The first-order chi connectivity index (χ1) is 6.86. The molecule has 0 bridgehead atoms. The van der Waals surface area contributed by atoms with Gasteiger partial charge in [-0.15, -0.1) is 11.3 Å². The van der Waals surface area contributed by atoms with Gasteiger partial charge >= 0.3 is 0 Å². The van der Waals surface area contributed by atoms with Gasteiger partial charge in [-0.1, -0.05) is 0 Å². The average Bonchev–Trinajstić information content (AvgIpc) is 2.55. The molecule has 2 aromatic rings. The lowest BCUT2D eigenvalue weighted by atomic mass is 10.2. The highest BCUT2D eigenvalue weighted by Gasteiger charge is 2.09. The van der Waals surface area contributed by atoms with Crippen LogP contribution < -0.4 is 5.32 Å². The largest absolute Gasteiger partial charge is 0.377 e. The standard InChI is InChI=1S/C10H10N2OS/c1-2-12-10-8(6-13)7-3-4-11-5-9(7)14-10/h3-6,12H,2H2,1H3. The maximum absolute atomic E-state index is 10.9. The molecule has 2 heterocycles. The number of pyridine rings is 1. The Bertz CT molecular complexity index is 464. The van der Waals surface area contributed by atoms with Crippen molar-refractivity contribution in [3.05, 3.63) is 24.0 Å². The minimum Gasteiger partial charge on any atom is -0.377 e. The number of aldehydes is 1. The number of hydrogen-bond acceptors (Lipinski definition) is 4. The first-order valence-electron chi connectivity index (χ1n) is 4.42. The summed E-state index contributed by atoms with van der Waals surface area (Å²) in [6, 6.07) is 1.87. The lowest BCUT2D eigenvalue weighted by Gasteiger charge is -1.98. The van der Waals surface area contributed by atoms with Gasteiger partial charge in [0.15, 0.2) is 6.29 Å². The number of fused-ring (bicyclic) bond motifs is 1. The molecule has 1 N–H and O–H groups in total. The number of thiophene rings is 1. The first kappa shape index (κ1) is 9.15. The Morgan fingerprint density at radius 3 is 3.21 bits per heavy atom. The maximum atomic E-state index is 10.9. The minimum atomic E-state index is 0.745. The molecule has 0 saturated carbocycles. The number of carbonyl (C=O) groups excluding carboxylic acids is 1. The molecule has 0 aliphatic carbocycles. The van der Waals surface area contributed by atoms with E-state index in [1.54, 1.807) is 23.7 Å². The zero-order valence-corrected chi connectivity index (χ0v) is 8.60. The van der Waals surface area contributed by atoms with E-state index in [0.717, 1.165) is 33.5 Å². The molecule has 0 fully saturated rings. The number of aromatic nitrogens is 1. The second-order valence-electron chi connectivity index (χ2n) is 2.86. The maximum Gasteiger partial charge on any atom is 0.153 e. The number of nitrogens with one attached hydrogen (secondary N) is 1. The van der Waals surface area contributed by atoms with Gasteiger partial charge in [-0.3, -0.25) is 9.78 Å². The smallest absolute Gasteiger partial charge is 0.153 e. The van der Waals surface area contributed by atoms with Crippen LogP contribution in [-0.2, 0) is 0 Å². The van der Waals surface area contributed by atoms with Gasteiger partial charge in [-0.25, -0.2) is 0 Å². The van der Waals surface area contributed by atoms with Crippen LogP contribution in [0, 0.1) is 0 Å². The molecule has 72 valence electrons. The van der Waals surface area contributed by atoms with Crippen molar-refractivity contribution < 1.29 is 4.79 Å². The van der Waals surface area contributed by atoms with E-state index >= 15 is 0 Å². The van der Waals surface area contributed by atoms with Gasteiger partial charge < -0.3 is 5.32 Å². The molecule has 0 saturated heterocycles. The Kier molecular flexibility index (Phi) is 2.45. The summed E-state index contributed by atoms with van der Waals surface area (Å²) in [6.07, 6.45) is 4.39. The topological polar surface area (TPSA) is 42.0 Å². The van der Waals surface area contributed by atoms with Crippen LogP contribution in [0.4, 0.5) is 5.00 Å². The zero-order valence-electron chi connectivity index (χ0n) is 7.78. The fourth-order valence-corrected chi connectivity index (χ4v) is 2.49. The Morgan fingerprint density at radius 1 is 1.64 bits per heavy atom. The molecule has 0 atom stereocenters. The summed E-state index contributed by atoms with van der Waals surface area (Å²) in [7, 11) is 0. The van der Waals surface area contributed by atoms with Crippen LogP contribution >= 0.6 is 11.3 Å². The molecule has 4 heteroatoms. The highest BCUT2D eigenvalue weighted by molar-refractivity contribution is 7.23. The molecular weight excluding hydrogens is 196 g/mol. The van der Waals surface area contributed by atoms with Crippen molar-refractivity contribution in [2.24, 2.45) is 0 Å². The quantitative estimate of drug-likeness (QED) is 0.785. The monoisotopic (exact) mass is 206 g/mol. The van der Waals surface area contributed by atoms with Crippen LogP contribution in [0.5, 0.6) is 0 Å². The first-order valence-corrected chi connectivity index (χ1v) is 5.24. The van der Waals surface area contributed by atoms with E-state index in [2.05, 4.69) is 10.3 Å². The molecular formula is C10H10N2OS. The van der Waals surface area contributed by atoms with Gasteiger partial charge in [0.2, 0.25) is 0 Å². The van der Waals surface area contributed by atoms with Gasteiger partial charge in [0.05, 0.1) is 10.3 Å². The fraction of sp³-hybridized carbons (Fsp3) is 0.200. The predicted octanol–water partition coefficient (Wildman–Crippen LogP) is 2.54. The molecule has 3 nitrogen and oxygen atoms in total. The van der Waals surface area contributed by atoms with Crippen LogP contribution in [0.15, 0.2) is 18.5 Å². The molecule has 14 heavy (non-hydrogen) atoms. The third kappa shape index (κ3) is 1.37. The lowest BCUT2D eigenvalue weighted by Crippen LogP contribution is -1.96. The average molecular weight is 206 g/mol. The normalized spacial score (nSPS) is 10.4. The van der Waals surface area contributed by atoms with Crippen molar-refractivity contribution in [3.63, 3.8) is 0 Å². The number of carbonyl (C=O) groups is 1. The second-order valence-corrected chi connectivity index (χ2v) is 3.92. The summed E-state index contributed by atoms with van der Waals surface area (Å²) in [5, 5.41) is 5.09. The molecule has 0 spiro atoms. The SMILES string of the molecule is CCNc1sc2cnccc2c1C=O. The molecule has 0 unspecified atom stereocenters. The Balaban J connectivity index is 2.65. The lowest BCUT2D eigenvalue weighted by molar-refractivity contribution is 0.112. The van der Waals surface area contributed by atoms with Gasteiger partial charge in [-0.2, -0.15) is 0 Å². The Hall–Kier alpha value is -1.42. The van der Waals surface area contributed by atoms with Crippen LogP contribution in [0.3, 0.4) is 0 Å². The predicted molar refractivity (Wildman–Crippen MR) is 59.2 cm³/mol. The summed E-state index contributed by atoms with van der Waals surface area (Å²) < 4.78 is 1.05. The van der Waals surface area contributed by atoms with Crippen LogP contribution in [0.2, 0.25) is 0 Å². The van der Waals surface area contributed by atoms with Crippen molar-refractivity contribution in [1.29, 1.82) is 0 Å². The number of hydrogen-bond donors (Lipinski definition) is 1. The molecule has 0 aliphatic heterocycles. The van der Waals surface area contributed by atoms with E-state index in [1.165, 1.54) is 0 Å². The number of anilines is 1. The Morgan fingerprint density at radius 2 is 2.50 bits per heavy atom. The molecule has 0 amide bonds. The number of rotatable bonds is 3. The van der Waals surface area contributed by atoms with Gasteiger partial charge in [-0.05, 0) is 13.0 Å². The van der Waals surface area contributed by atoms with Crippen LogP contribution in [0.1, 0.15) is 17.3 Å². The summed E-state index contributed by atoms with van der Waals surface area (Å²) in [5.41, 5.74) is 0.745. The molecule has 0 aromatic carbocycles. The third-order valence-corrected chi connectivity index (χ3v) is 3.10. The van der Waals surface area contributed by atoms with E-state index in [9.17, 15) is 4.79 Å². The van der Waals surface area contributed by atoms with Gasteiger partial charge in [0.25, 0.3) is 0 Å². The minimum absolute atomic E-state index is 0.745. The van der Waals surface area contributed by atoms with Crippen molar-refractivity contribution in [2.75, 3.05) is 11.9 Å². The van der Waals surface area contributed by atoms with Crippen molar-refractivity contribution in [3.8, 4) is 0 Å². The fourth-order valence-electron chi connectivity index (χ4n) is 1.38. The highest BCUT2D eigenvalue weighted by Crippen LogP contribution is 2.33. The summed E-state index contributed by atoms with van der Waals surface area (Å²) in [5.74, 6) is 0. The van der Waals surface area contributed by atoms with E-state index < -0.39 is 0 Å². The highest BCUT2D eigenvalue weighted by atomic mass is 32.1. The van der Waals surface area contributed by atoms with Crippen molar-refractivity contribution >= 4 is 32.7 Å². The van der Waals surface area contributed by atoms with Crippen LogP contribution in [0.25, 0.3) is 10.1 Å². The van der Waals surface area contributed by atoms with Crippen molar-refractivity contribution in [1.82, 2.24) is 4.98 Å². The second kappa shape index (κ2) is 3.75. The molecule has 2 aromatic heterocycles. The van der Waals surface area contributed by atoms with E-state index in [-0.39, 0.29) is 0 Å². The Labute approximate surface area is 85.8 Å². The van der Waals surface area contributed by atoms with Crippen LogP contribution in [-0.4, -0.2) is 17.8 Å². The summed E-state index contributed by atoms with van der Waals surface area (Å²) in [4.78, 5) is 15.0. The van der Waals surface area contributed by atoms with E-state index in [4.69, 9.17) is 0 Å².